The minimum Gasteiger partial charge on any atom is -0.875 e. The Kier molecular flexibility index (Phi) is 14.1. The number of hydrogen-bond acceptors (Lipinski definition) is 9. The van der Waals surface area contributed by atoms with E-state index in [2.05, 4.69) is 11.1 Å². The molecule has 1 saturated carbocycles. The lowest BCUT2D eigenvalue weighted by molar-refractivity contribution is -0.307. The van der Waals surface area contributed by atoms with Crippen LogP contribution in [0.15, 0.2) is 101 Å². The van der Waals surface area contributed by atoms with E-state index >= 15 is 0 Å². The van der Waals surface area contributed by atoms with Gasteiger partial charge in [0.1, 0.15) is 5.75 Å². The van der Waals surface area contributed by atoms with Gasteiger partial charge in [0, 0.05) is 36.7 Å². The average molecular weight is 721 g/mol. The highest BCUT2D eigenvalue weighted by molar-refractivity contribution is 5.89. The molecule has 2 atom stereocenters. The third-order valence-electron chi connectivity index (χ3n) is 10.6. The van der Waals surface area contributed by atoms with E-state index in [4.69, 9.17) is 16.2 Å². The molecule has 2 unspecified atom stereocenters. The predicted octanol–water partition coefficient (Wildman–Crippen LogP) is 6.93. The smallest absolute Gasteiger partial charge is 0.161 e. The van der Waals surface area contributed by atoms with Gasteiger partial charge in [0.2, 0.25) is 0 Å². The topological polar surface area (TPSA) is 174 Å². The first-order valence-electron chi connectivity index (χ1n) is 18.9. The average Bonchev–Trinajstić information content (AvgIpc) is 3.86. The summed E-state index contributed by atoms with van der Waals surface area (Å²) in [5, 5.41) is 44.4. The van der Waals surface area contributed by atoms with E-state index in [9.17, 15) is 25.2 Å². The number of aromatic hydroxyl groups is 2. The van der Waals surface area contributed by atoms with Crippen LogP contribution in [0.2, 0.25) is 0 Å². The third-order valence-corrected chi connectivity index (χ3v) is 10.6. The Labute approximate surface area is 313 Å². The summed E-state index contributed by atoms with van der Waals surface area (Å²) in [6.45, 7) is 2.09. The van der Waals surface area contributed by atoms with Crippen LogP contribution in [0.4, 0.5) is 0 Å². The van der Waals surface area contributed by atoms with Crippen molar-refractivity contribution in [2.24, 2.45) is 21.9 Å². The quantitative estimate of drug-likeness (QED) is 0.0384. The number of aryl methyl sites for hydroxylation is 1. The van der Waals surface area contributed by atoms with Crippen molar-refractivity contribution in [3.8, 4) is 17.2 Å². The van der Waals surface area contributed by atoms with Crippen molar-refractivity contribution in [3.63, 3.8) is 0 Å². The molecular formula is C44H54N3O6-. The Morgan fingerprint density at radius 2 is 1.66 bits per heavy atom. The molecule has 1 heterocycles. The molecule has 2 aliphatic rings. The zero-order valence-electron chi connectivity index (χ0n) is 30.8. The zero-order chi connectivity index (χ0) is 37.8. The number of aliphatic hydroxyl groups is 1. The Hall–Kier alpha value is -4.70. The van der Waals surface area contributed by atoms with E-state index in [0.717, 1.165) is 60.8 Å². The fraction of sp³-hybridized carbons (Fsp3) is 0.409. The first kappa shape index (κ1) is 39.5. The molecule has 5 rings (SSSR count). The predicted molar refractivity (Wildman–Crippen MR) is 208 cm³/mol. The van der Waals surface area contributed by atoms with Crippen molar-refractivity contribution in [2.45, 2.75) is 102 Å². The summed E-state index contributed by atoms with van der Waals surface area (Å²) in [5.41, 5.74) is 16.3. The normalized spacial score (nSPS) is 17.2. The Morgan fingerprint density at radius 3 is 2.34 bits per heavy atom. The van der Waals surface area contributed by atoms with Crippen molar-refractivity contribution in [1.82, 2.24) is 0 Å². The van der Waals surface area contributed by atoms with Gasteiger partial charge in [0.25, 0.3) is 0 Å². The molecular weight excluding hydrogens is 666 g/mol. The summed E-state index contributed by atoms with van der Waals surface area (Å²) in [4.78, 5) is 16.9. The Balaban J connectivity index is 1.20. The van der Waals surface area contributed by atoms with Crippen LogP contribution in [0, 0.1) is 5.41 Å². The van der Waals surface area contributed by atoms with Crippen LogP contribution in [0.5, 0.6) is 17.2 Å². The number of nitrogens with two attached hydrogens (primary N) is 2. The van der Waals surface area contributed by atoms with E-state index in [1.54, 1.807) is 42.8 Å². The van der Waals surface area contributed by atoms with Crippen LogP contribution in [0.25, 0.3) is 0 Å². The number of carbonyl (C=O) groups is 1. The summed E-state index contributed by atoms with van der Waals surface area (Å²) in [7, 11) is 0. The number of aliphatic imine (C=N–C) groups is 1. The second-order valence-electron chi connectivity index (χ2n) is 14.7. The van der Waals surface area contributed by atoms with E-state index in [1.165, 1.54) is 12.8 Å². The number of allylic oxidation sites excluding steroid dienone is 5. The van der Waals surface area contributed by atoms with Gasteiger partial charge in [-0.3, -0.25) is 9.79 Å². The van der Waals surface area contributed by atoms with Gasteiger partial charge in [-0.25, -0.2) is 0 Å². The van der Waals surface area contributed by atoms with Crippen molar-refractivity contribution in [3.05, 3.63) is 124 Å². The second kappa shape index (κ2) is 18.9. The number of rotatable bonds is 19. The second-order valence-corrected chi connectivity index (χ2v) is 14.7. The molecule has 7 N–H and O–H groups in total. The van der Waals surface area contributed by atoms with Crippen molar-refractivity contribution in [1.29, 1.82) is 0 Å². The van der Waals surface area contributed by atoms with Crippen LogP contribution in [-0.2, 0) is 17.6 Å². The molecule has 1 fully saturated rings. The SMILES string of the molecule is CC(O)CCCCC1(C=CC(=O)CCc2ccc(O)c(OCCc3ccc(O)c(C(CC([O-])=C4C=CN=C4)c4ccc(C(N)N)cc4)c3)c2)CCCC1. The fourth-order valence-corrected chi connectivity index (χ4v) is 7.38. The number of carbonyl (C=O) groups excluding carboxylic acids is 1. The van der Waals surface area contributed by atoms with E-state index in [-0.39, 0.29) is 47.6 Å². The number of ketones is 1. The van der Waals surface area contributed by atoms with Crippen LogP contribution in [0.1, 0.15) is 111 Å². The molecule has 282 valence electrons. The highest BCUT2D eigenvalue weighted by atomic mass is 16.5. The molecule has 0 radical (unpaired) electrons. The van der Waals surface area contributed by atoms with Gasteiger partial charge in [-0.15, -0.1) is 5.76 Å². The first-order valence-corrected chi connectivity index (χ1v) is 18.9. The number of unbranched alkanes of at least 4 members (excludes halogenated alkanes) is 1. The highest BCUT2D eigenvalue weighted by Crippen LogP contribution is 2.44. The van der Waals surface area contributed by atoms with Crippen LogP contribution in [0.3, 0.4) is 0 Å². The van der Waals surface area contributed by atoms with E-state index in [1.807, 2.05) is 49.4 Å². The van der Waals surface area contributed by atoms with Gasteiger partial charge in [0.15, 0.2) is 17.3 Å². The van der Waals surface area contributed by atoms with Gasteiger partial charge >= 0.3 is 0 Å². The van der Waals surface area contributed by atoms with Crippen molar-refractivity contribution < 1.29 is 30.0 Å². The molecule has 3 aromatic carbocycles. The molecule has 0 spiro atoms. The summed E-state index contributed by atoms with van der Waals surface area (Å²) in [6.07, 6.45) is 17.9. The highest BCUT2D eigenvalue weighted by Gasteiger charge is 2.30. The largest absolute Gasteiger partial charge is 0.875 e. The van der Waals surface area contributed by atoms with Crippen LogP contribution < -0.4 is 21.3 Å². The van der Waals surface area contributed by atoms with E-state index < -0.39 is 12.1 Å². The molecule has 53 heavy (non-hydrogen) atoms. The van der Waals surface area contributed by atoms with Crippen molar-refractivity contribution >= 4 is 12.0 Å². The number of nitrogens with zero attached hydrogens (tertiary/aromatic N) is 1. The lowest BCUT2D eigenvalue weighted by Crippen LogP contribution is -2.20. The third kappa shape index (κ3) is 11.4. The first-order chi connectivity index (χ1) is 25.5. The lowest BCUT2D eigenvalue weighted by Gasteiger charge is -2.25. The monoisotopic (exact) mass is 720 g/mol. The molecule has 0 amide bonds. The standard InChI is InChI=1S/C44H55N3O6/c1-30(48)6-2-3-20-44(21-4-5-22-44)23-17-36(49)14-7-31-9-16-40(51)42(27-31)53-25-19-32-8-15-39(50)38(26-32)37(28-41(52)35-18-24-47-29-35)33-10-12-34(13-11-33)43(45)46/h8-13,15-18,23-24,26-27,29-30,37,43,48,50-52H,2-7,14,19-22,25,28,45-46H2,1H3/p-1. The van der Waals surface area contributed by atoms with Crippen molar-refractivity contribution in [2.75, 3.05) is 6.61 Å². The molecule has 3 aromatic rings. The fourth-order valence-electron chi connectivity index (χ4n) is 7.38. The van der Waals surface area contributed by atoms with Crippen LogP contribution in [-0.4, -0.2) is 40.0 Å². The van der Waals surface area contributed by atoms with Gasteiger partial charge in [0.05, 0.1) is 18.9 Å². The molecule has 0 bridgehead atoms. The molecule has 9 heteroatoms. The number of phenolic OH excluding ortho intramolecular Hbond substituents is 2. The molecule has 1 aliphatic carbocycles. The van der Waals surface area contributed by atoms with Gasteiger partial charge in [-0.2, -0.15) is 0 Å². The lowest BCUT2D eigenvalue weighted by atomic mass is 9.80. The maximum atomic E-state index is 13.2. The zero-order valence-corrected chi connectivity index (χ0v) is 30.8. The summed E-state index contributed by atoms with van der Waals surface area (Å²) in [5.74, 6) is -0.00377. The summed E-state index contributed by atoms with van der Waals surface area (Å²) in [6, 6.07) is 18.0. The minimum atomic E-state index is -0.627. The van der Waals surface area contributed by atoms with E-state index in [0.29, 0.717) is 36.1 Å². The summed E-state index contributed by atoms with van der Waals surface area (Å²) >= 11 is 0. The molecule has 9 nitrogen and oxygen atoms in total. The molecule has 0 saturated heterocycles. The number of phenols is 2. The minimum absolute atomic E-state index is 0.0198. The maximum absolute atomic E-state index is 13.2. The molecule has 1 aliphatic heterocycles. The number of benzene rings is 3. The van der Waals surface area contributed by atoms with Crippen LogP contribution >= 0.6 is 0 Å². The van der Waals surface area contributed by atoms with Gasteiger partial charge < -0.3 is 36.6 Å². The van der Waals surface area contributed by atoms with Gasteiger partial charge in [-0.05, 0) is 109 Å². The number of aliphatic hydroxyl groups excluding tert-OH is 1. The Morgan fingerprint density at radius 1 is 0.962 bits per heavy atom. The summed E-state index contributed by atoms with van der Waals surface area (Å²) < 4.78 is 6.03. The maximum Gasteiger partial charge on any atom is 0.161 e. The molecule has 0 aromatic heterocycles. The van der Waals surface area contributed by atoms with Gasteiger partial charge in [-0.1, -0.05) is 74.2 Å². The Bertz CT molecular complexity index is 1790. The number of ether oxygens (including phenoxy) is 1. The number of hydrogen-bond donors (Lipinski definition) is 5.